The van der Waals surface area contributed by atoms with E-state index in [-0.39, 0.29) is 49.6 Å². The number of hydrogen-bond acceptors (Lipinski definition) is 2. The van der Waals surface area contributed by atoms with Crippen LogP contribution in [0.2, 0.25) is 0 Å². The lowest BCUT2D eigenvalue weighted by Crippen LogP contribution is -1.26. The molecule has 0 spiro atoms. The average molecular weight is 206 g/mol. The van der Waals surface area contributed by atoms with Gasteiger partial charge in [0.25, 0.3) is 0 Å². The van der Waals surface area contributed by atoms with Gasteiger partial charge in [-0.3, -0.25) is 8.92 Å². The third kappa shape index (κ3) is 181. The molecule has 0 aliphatic rings. The molecule has 0 fully saturated rings. The first-order chi connectivity index (χ1) is 1.41. The Kier molecular flexibility index (Phi) is 399. The van der Waals surface area contributed by atoms with Gasteiger partial charge < -0.3 is 0 Å². The van der Waals surface area contributed by atoms with Gasteiger partial charge in [0, 0.05) is 0 Å². The van der Waals surface area contributed by atoms with Crippen molar-refractivity contribution in [1.82, 2.24) is 0 Å². The van der Waals surface area contributed by atoms with Crippen molar-refractivity contribution < 1.29 is 8.92 Å². The van der Waals surface area contributed by atoms with Crippen LogP contribution in [0.3, 0.4) is 0 Å². The van der Waals surface area contributed by atoms with Crippen molar-refractivity contribution in [1.29, 1.82) is 0 Å². The molecule has 7 heteroatoms. The van der Waals surface area contributed by atoms with Gasteiger partial charge in [0.1, 0.15) is 0 Å². The Hall–Kier alpha value is 0.977. The summed E-state index contributed by atoms with van der Waals surface area (Å²) in [7, 11) is -1.42. The molecule has 0 N–H and O–H groups in total. The lowest BCUT2D eigenvalue weighted by Gasteiger charge is -0.944. The zero-order chi connectivity index (χ0) is 2.71. The first-order valence-electron chi connectivity index (χ1n) is 0.408. The Bertz CT molecular complexity index is 30.7. The standard InChI is InChI=1S/4ClH.O2Si/c;;;;1-3-2/h4*1H;. The second-order valence-electron chi connectivity index (χ2n) is 0.0833. The zero-order valence-corrected chi connectivity index (χ0v) is 7.22. The molecule has 0 aliphatic heterocycles. The van der Waals surface area contributed by atoms with E-state index in [9.17, 15) is 0 Å². The van der Waals surface area contributed by atoms with Crippen LogP contribution in [0.4, 0.5) is 0 Å². The maximum atomic E-state index is 8.40. The molecular formula is H4Cl4O2Si. The first kappa shape index (κ1) is 43.8. The zero-order valence-electron chi connectivity index (χ0n) is 2.95. The summed E-state index contributed by atoms with van der Waals surface area (Å²) in [5, 5.41) is 0. The highest BCUT2D eigenvalue weighted by molar-refractivity contribution is 5.94. The van der Waals surface area contributed by atoms with Crippen molar-refractivity contribution in [3.63, 3.8) is 0 Å². The maximum Gasteiger partial charge on any atom is 0.549 e. The van der Waals surface area contributed by atoms with Crippen LogP contribution in [0, 0.1) is 0 Å². The molecule has 0 aromatic rings. The van der Waals surface area contributed by atoms with Crippen LogP contribution >= 0.6 is 49.6 Å². The van der Waals surface area contributed by atoms with Crippen molar-refractivity contribution in [2.45, 2.75) is 0 Å². The largest absolute Gasteiger partial charge is 0.549 e. The van der Waals surface area contributed by atoms with Crippen LogP contribution in [0.1, 0.15) is 0 Å². The van der Waals surface area contributed by atoms with Crippen LogP contribution in [0.5, 0.6) is 0 Å². The van der Waals surface area contributed by atoms with Gasteiger partial charge in [0.15, 0.2) is 0 Å². The third-order valence-electron chi connectivity index (χ3n) is 0. The fourth-order valence-electron chi connectivity index (χ4n) is 0. The van der Waals surface area contributed by atoms with Crippen molar-refractivity contribution >= 4 is 58.9 Å². The summed E-state index contributed by atoms with van der Waals surface area (Å²) in [5.41, 5.74) is 0. The van der Waals surface area contributed by atoms with Gasteiger partial charge in [-0.15, -0.1) is 49.6 Å². The van der Waals surface area contributed by atoms with Gasteiger partial charge in [0.05, 0.1) is 0 Å². The monoisotopic (exact) mass is 204 g/mol. The molecule has 0 radical (unpaired) electrons. The summed E-state index contributed by atoms with van der Waals surface area (Å²) in [5.74, 6) is 0. The predicted molar refractivity (Wildman–Crippen MR) is 36.1 cm³/mol. The van der Waals surface area contributed by atoms with Crippen molar-refractivity contribution in [2.24, 2.45) is 0 Å². The summed E-state index contributed by atoms with van der Waals surface area (Å²) >= 11 is 0. The van der Waals surface area contributed by atoms with E-state index in [1.165, 1.54) is 0 Å². The van der Waals surface area contributed by atoms with Gasteiger partial charge in [-0.2, -0.15) is 0 Å². The molecule has 0 aromatic heterocycles. The quantitative estimate of drug-likeness (QED) is 0.555. The molecule has 0 amide bonds. The summed E-state index contributed by atoms with van der Waals surface area (Å²) < 4.78 is 16.8. The highest BCUT2D eigenvalue weighted by atomic mass is 35.5. The number of halogens is 4. The van der Waals surface area contributed by atoms with E-state index in [1.54, 1.807) is 0 Å². The SMILES string of the molecule is Cl.Cl.Cl.Cl.O=[Si]=O. The van der Waals surface area contributed by atoms with Crippen molar-refractivity contribution in [3.05, 3.63) is 0 Å². The molecule has 0 aromatic carbocycles. The smallest absolute Gasteiger partial charge is 0.274 e. The Morgan fingerprint density at radius 1 is 0.714 bits per heavy atom. The van der Waals surface area contributed by atoms with Crippen LogP contribution in [-0.2, 0) is 8.92 Å². The second-order valence-corrected chi connectivity index (χ2v) is 0.250. The number of rotatable bonds is 0. The topological polar surface area (TPSA) is 34.1 Å². The van der Waals surface area contributed by atoms with Gasteiger partial charge in [-0.1, -0.05) is 0 Å². The molecule has 2 nitrogen and oxygen atoms in total. The first-order valence-corrected chi connectivity index (χ1v) is 1.22. The van der Waals surface area contributed by atoms with Crippen LogP contribution in [0.15, 0.2) is 0 Å². The average Bonchev–Trinajstić information content (AvgIpc) is 0.918. The lowest BCUT2D eigenvalue weighted by atomic mass is 15.9. The summed E-state index contributed by atoms with van der Waals surface area (Å²) in [6.07, 6.45) is 0. The Labute approximate surface area is 68.0 Å². The van der Waals surface area contributed by atoms with Crippen LogP contribution < -0.4 is 0 Å². The van der Waals surface area contributed by atoms with Gasteiger partial charge >= 0.3 is 9.29 Å². The van der Waals surface area contributed by atoms with E-state index < -0.39 is 9.29 Å². The van der Waals surface area contributed by atoms with Gasteiger partial charge in [0.2, 0.25) is 0 Å². The van der Waals surface area contributed by atoms with E-state index in [0.29, 0.717) is 0 Å². The summed E-state index contributed by atoms with van der Waals surface area (Å²) in [6, 6.07) is 0. The van der Waals surface area contributed by atoms with Crippen molar-refractivity contribution in [3.8, 4) is 0 Å². The fraction of sp³-hybridized carbons (Fsp3) is 0. The second kappa shape index (κ2) is 63.8. The number of hydrogen-bond donors (Lipinski definition) is 0. The third-order valence-corrected chi connectivity index (χ3v) is 0. The molecule has 7 heavy (non-hydrogen) atoms. The molecule has 0 rings (SSSR count). The van der Waals surface area contributed by atoms with Crippen molar-refractivity contribution in [2.75, 3.05) is 0 Å². The fourth-order valence-corrected chi connectivity index (χ4v) is 0. The minimum absolute atomic E-state index is 0. The Morgan fingerprint density at radius 2 is 0.714 bits per heavy atom. The van der Waals surface area contributed by atoms with E-state index in [2.05, 4.69) is 0 Å². The molecule has 0 unspecified atom stereocenters. The minimum Gasteiger partial charge on any atom is -0.274 e. The van der Waals surface area contributed by atoms with Gasteiger partial charge in [-0.25, -0.2) is 0 Å². The summed E-state index contributed by atoms with van der Waals surface area (Å²) in [6.45, 7) is 0. The predicted octanol–water partition coefficient (Wildman–Crippen LogP) is 1.07. The van der Waals surface area contributed by atoms with E-state index in [1.807, 2.05) is 0 Å². The molecule has 0 atom stereocenters. The molecule has 0 aliphatic carbocycles. The Balaban J connectivity index is -0.00000000333. The van der Waals surface area contributed by atoms with E-state index >= 15 is 0 Å². The molecule has 0 saturated heterocycles. The highest BCUT2D eigenvalue weighted by Crippen LogP contribution is 0.759. The van der Waals surface area contributed by atoms with Crippen LogP contribution in [-0.4, -0.2) is 9.29 Å². The minimum atomic E-state index is -1.42. The Morgan fingerprint density at radius 3 is 0.714 bits per heavy atom. The molecule has 48 valence electrons. The van der Waals surface area contributed by atoms with Crippen LogP contribution in [0.25, 0.3) is 0 Å². The molecule has 0 heterocycles. The van der Waals surface area contributed by atoms with Gasteiger partial charge in [-0.05, 0) is 0 Å². The van der Waals surface area contributed by atoms with E-state index in [4.69, 9.17) is 8.92 Å². The van der Waals surface area contributed by atoms with E-state index in [0.717, 1.165) is 0 Å². The molecule has 0 bridgehead atoms. The maximum absolute atomic E-state index is 8.40. The molecular weight excluding hydrogens is 202 g/mol. The normalized spacial score (nSPS) is 1.14. The lowest BCUT2D eigenvalue weighted by molar-refractivity contribution is 0.497. The summed E-state index contributed by atoms with van der Waals surface area (Å²) in [4.78, 5) is 0. The highest BCUT2D eigenvalue weighted by Gasteiger charge is 1.22. The molecule has 0 saturated carbocycles.